The number of benzene rings is 1. The quantitative estimate of drug-likeness (QED) is 0.802. The van der Waals surface area contributed by atoms with E-state index in [9.17, 15) is 4.79 Å². The van der Waals surface area contributed by atoms with E-state index in [1.807, 2.05) is 47.5 Å². The van der Waals surface area contributed by atoms with E-state index in [4.69, 9.17) is 11.6 Å². The van der Waals surface area contributed by atoms with Crippen LogP contribution in [0.4, 0.5) is 0 Å². The molecule has 0 saturated carbocycles. The maximum Gasteiger partial charge on any atom is 0.261 e. The second-order valence-corrected chi connectivity index (χ2v) is 7.18. The fourth-order valence-electron chi connectivity index (χ4n) is 2.77. The van der Waals surface area contributed by atoms with Gasteiger partial charge in [0.15, 0.2) is 0 Å². The molecule has 2 heterocycles. The topological polar surface area (TPSA) is 34.9 Å². The van der Waals surface area contributed by atoms with Crippen molar-refractivity contribution in [2.75, 3.05) is 11.5 Å². The van der Waals surface area contributed by atoms with Crippen molar-refractivity contribution in [3.8, 4) is 0 Å². The summed E-state index contributed by atoms with van der Waals surface area (Å²) >= 11 is 8.39. The molecule has 112 valence electrons. The molecular formula is C16H19ClN2OS. The van der Waals surface area contributed by atoms with Gasteiger partial charge in [-0.25, -0.2) is 4.98 Å². The molecule has 1 aliphatic heterocycles. The van der Waals surface area contributed by atoms with Gasteiger partial charge in [-0.3, -0.25) is 9.36 Å². The summed E-state index contributed by atoms with van der Waals surface area (Å²) in [7, 11) is 0. The first-order chi connectivity index (χ1) is 10.2. The largest absolute Gasteiger partial charge is 0.295 e. The molecule has 21 heavy (non-hydrogen) atoms. The number of hydrogen-bond donors (Lipinski definition) is 0. The minimum Gasteiger partial charge on any atom is -0.295 e. The zero-order chi connectivity index (χ0) is 14.8. The molecule has 1 aromatic heterocycles. The standard InChI is InChI=1S/C16H19ClN2OS/c1-2-13(17)15-18-14-6-4-3-5-12(14)16(20)19(15)9-11-7-8-21-10-11/h3-6,11,13H,2,7-10H2,1H3. The summed E-state index contributed by atoms with van der Waals surface area (Å²) in [6.07, 6.45) is 1.94. The molecule has 0 radical (unpaired) electrons. The summed E-state index contributed by atoms with van der Waals surface area (Å²) in [5.41, 5.74) is 0.792. The van der Waals surface area contributed by atoms with Crippen molar-refractivity contribution in [2.45, 2.75) is 31.7 Å². The van der Waals surface area contributed by atoms with Gasteiger partial charge in [0.05, 0.1) is 16.3 Å². The monoisotopic (exact) mass is 322 g/mol. The van der Waals surface area contributed by atoms with Crippen molar-refractivity contribution in [1.82, 2.24) is 9.55 Å². The Morgan fingerprint density at radius 3 is 3.00 bits per heavy atom. The van der Waals surface area contributed by atoms with Crippen LogP contribution >= 0.6 is 23.4 Å². The Kier molecular flexibility index (Phi) is 4.55. The third kappa shape index (κ3) is 2.97. The zero-order valence-corrected chi connectivity index (χ0v) is 13.7. The summed E-state index contributed by atoms with van der Waals surface area (Å²) in [4.78, 5) is 17.5. The highest BCUT2D eigenvalue weighted by molar-refractivity contribution is 7.99. The van der Waals surface area contributed by atoms with Crippen LogP contribution in [0.2, 0.25) is 0 Å². The lowest BCUT2D eigenvalue weighted by atomic mass is 10.1. The molecule has 1 aromatic carbocycles. The van der Waals surface area contributed by atoms with Gasteiger partial charge in [-0.05, 0) is 42.4 Å². The van der Waals surface area contributed by atoms with Crippen LogP contribution in [0.3, 0.4) is 0 Å². The number of aromatic nitrogens is 2. The molecule has 2 unspecified atom stereocenters. The van der Waals surface area contributed by atoms with Gasteiger partial charge in [0, 0.05) is 6.54 Å². The van der Waals surface area contributed by atoms with E-state index < -0.39 is 0 Å². The van der Waals surface area contributed by atoms with Crippen molar-refractivity contribution in [3.63, 3.8) is 0 Å². The van der Waals surface area contributed by atoms with Gasteiger partial charge in [0.1, 0.15) is 5.82 Å². The fraction of sp³-hybridized carbons (Fsp3) is 0.500. The summed E-state index contributed by atoms with van der Waals surface area (Å²) < 4.78 is 1.82. The third-order valence-electron chi connectivity index (χ3n) is 3.99. The zero-order valence-electron chi connectivity index (χ0n) is 12.1. The van der Waals surface area contributed by atoms with Crippen molar-refractivity contribution < 1.29 is 0 Å². The summed E-state index contributed by atoms with van der Waals surface area (Å²) in [6.45, 7) is 2.76. The van der Waals surface area contributed by atoms with Crippen LogP contribution in [0.5, 0.6) is 0 Å². The normalized spacial score (nSPS) is 20.0. The minimum absolute atomic E-state index is 0.0478. The van der Waals surface area contributed by atoms with E-state index in [0.29, 0.717) is 11.3 Å². The first-order valence-corrected chi connectivity index (χ1v) is 9.01. The van der Waals surface area contributed by atoms with Crippen LogP contribution in [0.15, 0.2) is 29.1 Å². The van der Waals surface area contributed by atoms with Crippen LogP contribution in [0.1, 0.15) is 31.0 Å². The molecule has 0 aliphatic carbocycles. The Bertz CT molecular complexity index is 694. The smallest absolute Gasteiger partial charge is 0.261 e. The van der Waals surface area contributed by atoms with E-state index in [-0.39, 0.29) is 10.9 Å². The van der Waals surface area contributed by atoms with Crippen LogP contribution in [0.25, 0.3) is 10.9 Å². The maximum atomic E-state index is 12.8. The number of rotatable bonds is 4. The van der Waals surface area contributed by atoms with E-state index >= 15 is 0 Å². The van der Waals surface area contributed by atoms with E-state index in [1.165, 1.54) is 12.2 Å². The van der Waals surface area contributed by atoms with E-state index in [1.54, 1.807) is 0 Å². The van der Waals surface area contributed by atoms with Crippen molar-refractivity contribution in [3.05, 3.63) is 40.4 Å². The number of para-hydroxylation sites is 1. The molecule has 2 aromatic rings. The average Bonchev–Trinajstić information content (AvgIpc) is 3.02. The Morgan fingerprint density at radius 1 is 1.48 bits per heavy atom. The molecule has 1 saturated heterocycles. The van der Waals surface area contributed by atoms with E-state index in [2.05, 4.69) is 4.98 Å². The molecule has 3 nitrogen and oxygen atoms in total. The van der Waals surface area contributed by atoms with Gasteiger partial charge in [-0.15, -0.1) is 11.6 Å². The number of halogens is 1. The number of nitrogens with zero attached hydrogens (tertiary/aromatic N) is 2. The van der Waals surface area contributed by atoms with Crippen LogP contribution in [-0.4, -0.2) is 21.1 Å². The summed E-state index contributed by atoms with van der Waals surface area (Å²) in [5.74, 6) is 3.58. The van der Waals surface area contributed by atoms with Gasteiger partial charge in [0.2, 0.25) is 0 Å². The van der Waals surface area contributed by atoms with Gasteiger partial charge in [-0.2, -0.15) is 11.8 Å². The lowest BCUT2D eigenvalue weighted by Gasteiger charge is -2.18. The molecule has 3 rings (SSSR count). The van der Waals surface area contributed by atoms with Crippen LogP contribution < -0.4 is 5.56 Å². The Labute approximate surface area is 133 Å². The molecule has 0 bridgehead atoms. The molecule has 1 fully saturated rings. The highest BCUT2D eigenvalue weighted by atomic mass is 35.5. The highest BCUT2D eigenvalue weighted by Gasteiger charge is 2.22. The molecule has 0 N–H and O–H groups in total. The number of hydrogen-bond acceptors (Lipinski definition) is 3. The lowest BCUT2D eigenvalue weighted by Crippen LogP contribution is -2.29. The minimum atomic E-state index is -0.212. The summed E-state index contributed by atoms with van der Waals surface area (Å²) in [6, 6.07) is 7.53. The van der Waals surface area contributed by atoms with Crippen molar-refractivity contribution in [1.29, 1.82) is 0 Å². The van der Waals surface area contributed by atoms with Gasteiger partial charge >= 0.3 is 0 Å². The van der Waals surface area contributed by atoms with Crippen LogP contribution in [0, 0.1) is 5.92 Å². The second kappa shape index (κ2) is 6.41. The lowest BCUT2D eigenvalue weighted by molar-refractivity contribution is 0.462. The molecule has 5 heteroatoms. The third-order valence-corrected chi connectivity index (χ3v) is 5.73. The molecule has 1 aliphatic rings. The fourth-order valence-corrected chi connectivity index (χ4v) is 4.21. The molecular weight excluding hydrogens is 304 g/mol. The van der Waals surface area contributed by atoms with Crippen LogP contribution in [-0.2, 0) is 6.54 Å². The SMILES string of the molecule is CCC(Cl)c1nc2ccccc2c(=O)n1CC1CCSC1. The summed E-state index contributed by atoms with van der Waals surface area (Å²) in [5, 5.41) is 0.475. The average molecular weight is 323 g/mol. The Hall–Kier alpha value is -1.00. The van der Waals surface area contributed by atoms with Gasteiger partial charge in [0.25, 0.3) is 5.56 Å². The van der Waals surface area contributed by atoms with Gasteiger partial charge < -0.3 is 0 Å². The first kappa shape index (κ1) is 14.9. The number of fused-ring (bicyclic) bond motifs is 1. The van der Waals surface area contributed by atoms with E-state index in [0.717, 1.165) is 30.1 Å². The first-order valence-electron chi connectivity index (χ1n) is 7.42. The van der Waals surface area contributed by atoms with Crippen molar-refractivity contribution >= 4 is 34.3 Å². The Balaban J connectivity index is 2.13. The predicted molar refractivity (Wildman–Crippen MR) is 90.3 cm³/mol. The molecule has 0 spiro atoms. The molecule has 2 atom stereocenters. The van der Waals surface area contributed by atoms with Crippen molar-refractivity contribution in [2.24, 2.45) is 5.92 Å². The second-order valence-electron chi connectivity index (χ2n) is 5.51. The number of alkyl halides is 1. The maximum absolute atomic E-state index is 12.8. The molecule has 0 amide bonds. The highest BCUT2D eigenvalue weighted by Crippen LogP contribution is 2.27. The predicted octanol–water partition coefficient (Wildman–Crippen LogP) is 3.84. The number of thioether (sulfide) groups is 1. The van der Waals surface area contributed by atoms with Gasteiger partial charge in [-0.1, -0.05) is 19.1 Å². The Morgan fingerprint density at radius 2 is 2.29 bits per heavy atom.